The van der Waals surface area contributed by atoms with Crippen LogP contribution in [0.1, 0.15) is 26.9 Å². The first kappa shape index (κ1) is 16.0. The molecule has 0 aromatic carbocycles. The standard InChI is InChI=1S/C16H16N6OS/c1-9-6-12(4-5-17-9)20-15(23)14-16(24-11(3)19-14)21-13-7-10(2)22-18-8-13/h4-8H,1-3H3,(H,21,22)(H,17,20,23). The van der Waals surface area contributed by atoms with Crippen LogP contribution >= 0.6 is 11.3 Å². The van der Waals surface area contributed by atoms with Crippen molar-refractivity contribution in [3.63, 3.8) is 0 Å². The molecule has 0 saturated carbocycles. The Kier molecular flexibility index (Phi) is 4.48. The maximum atomic E-state index is 12.6. The van der Waals surface area contributed by atoms with Gasteiger partial charge in [-0.25, -0.2) is 4.98 Å². The smallest absolute Gasteiger partial charge is 0.277 e. The van der Waals surface area contributed by atoms with E-state index in [-0.39, 0.29) is 5.91 Å². The van der Waals surface area contributed by atoms with Crippen LogP contribution in [0, 0.1) is 20.8 Å². The summed E-state index contributed by atoms with van der Waals surface area (Å²) in [6.07, 6.45) is 3.26. The zero-order valence-corrected chi connectivity index (χ0v) is 14.3. The molecule has 8 heteroatoms. The van der Waals surface area contributed by atoms with Gasteiger partial charge in [-0.2, -0.15) is 10.2 Å². The van der Waals surface area contributed by atoms with Crippen molar-refractivity contribution in [2.24, 2.45) is 0 Å². The van der Waals surface area contributed by atoms with Gasteiger partial charge in [0.15, 0.2) is 5.69 Å². The lowest BCUT2D eigenvalue weighted by molar-refractivity contribution is 0.102. The maximum Gasteiger partial charge on any atom is 0.277 e. The molecule has 0 unspecified atom stereocenters. The molecular formula is C16H16N6OS. The normalized spacial score (nSPS) is 10.5. The fourth-order valence-corrected chi connectivity index (χ4v) is 2.99. The maximum absolute atomic E-state index is 12.6. The number of nitrogens with one attached hydrogen (secondary N) is 2. The van der Waals surface area contributed by atoms with Crippen LogP contribution in [0.15, 0.2) is 30.6 Å². The highest BCUT2D eigenvalue weighted by Crippen LogP contribution is 2.28. The molecule has 3 aromatic heterocycles. The molecule has 3 heterocycles. The van der Waals surface area contributed by atoms with Crippen molar-refractivity contribution in [2.45, 2.75) is 20.8 Å². The molecule has 7 nitrogen and oxygen atoms in total. The SMILES string of the molecule is Cc1cc(NC(=O)c2nc(C)sc2Nc2cnnc(C)c2)ccn1. The lowest BCUT2D eigenvalue weighted by Gasteiger charge is -2.07. The van der Waals surface area contributed by atoms with Crippen molar-refractivity contribution in [2.75, 3.05) is 10.6 Å². The number of hydrogen-bond donors (Lipinski definition) is 2. The van der Waals surface area contributed by atoms with E-state index in [2.05, 4.69) is 30.8 Å². The topological polar surface area (TPSA) is 92.7 Å². The number of carbonyl (C=O) groups excluding carboxylic acids is 1. The van der Waals surface area contributed by atoms with Crippen LogP contribution < -0.4 is 10.6 Å². The van der Waals surface area contributed by atoms with Crippen LogP contribution in [0.4, 0.5) is 16.4 Å². The lowest BCUT2D eigenvalue weighted by atomic mass is 10.3. The summed E-state index contributed by atoms with van der Waals surface area (Å²) < 4.78 is 0. The predicted octanol–water partition coefficient (Wildman–Crippen LogP) is 3.25. The molecule has 0 atom stereocenters. The summed E-state index contributed by atoms with van der Waals surface area (Å²) in [4.78, 5) is 21.0. The van der Waals surface area contributed by atoms with E-state index in [1.807, 2.05) is 26.8 Å². The Labute approximate surface area is 143 Å². The van der Waals surface area contributed by atoms with E-state index < -0.39 is 0 Å². The minimum atomic E-state index is -0.272. The first-order chi connectivity index (χ1) is 11.5. The molecule has 0 spiro atoms. The van der Waals surface area contributed by atoms with E-state index >= 15 is 0 Å². The van der Waals surface area contributed by atoms with Gasteiger partial charge in [0, 0.05) is 17.6 Å². The average molecular weight is 340 g/mol. The van der Waals surface area contributed by atoms with Crippen LogP contribution in [-0.4, -0.2) is 26.1 Å². The van der Waals surface area contributed by atoms with Gasteiger partial charge in [0.25, 0.3) is 5.91 Å². The second-order valence-corrected chi connectivity index (χ2v) is 6.46. The van der Waals surface area contributed by atoms with Crippen molar-refractivity contribution in [1.29, 1.82) is 0 Å². The number of rotatable bonds is 4. The molecule has 3 aromatic rings. The van der Waals surface area contributed by atoms with E-state index in [0.717, 1.165) is 22.1 Å². The summed E-state index contributed by atoms with van der Waals surface area (Å²) >= 11 is 1.41. The third-order valence-electron chi connectivity index (χ3n) is 3.14. The minimum absolute atomic E-state index is 0.272. The third kappa shape index (κ3) is 3.72. The molecule has 24 heavy (non-hydrogen) atoms. The highest BCUT2D eigenvalue weighted by molar-refractivity contribution is 7.16. The lowest BCUT2D eigenvalue weighted by Crippen LogP contribution is -2.14. The van der Waals surface area contributed by atoms with E-state index in [1.54, 1.807) is 24.5 Å². The first-order valence-corrected chi connectivity index (χ1v) is 8.11. The summed E-state index contributed by atoms with van der Waals surface area (Å²) in [6, 6.07) is 5.41. The molecule has 2 N–H and O–H groups in total. The molecule has 3 rings (SSSR count). The Morgan fingerprint density at radius 2 is 1.92 bits per heavy atom. The highest BCUT2D eigenvalue weighted by atomic mass is 32.1. The summed E-state index contributed by atoms with van der Waals surface area (Å²) in [5.41, 5.74) is 3.42. The molecule has 1 amide bonds. The van der Waals surface area contributed by atoms with Crippen LogP contribution in [0.2, 0.25) is 0 Å². The second-order valence-electron chi connectivity index (χ2n) is 5.26. The van der Waals surface area contributed by atoms with Gasteiger partial charge >= 0.3 is 0 Å². The Morgan fingerprint density at radius 1 is 1.12 bits per heavy atom. The summed E-state index contributed by atoms with van der Waals surface area (Å²) in [6.45, 7) is 5.59. The fourth-order valence-electron chi connectivity index (χ4n) is 2.15. The van der Waals surface area contributed by atoms with Gasteiger partial charge in [-0.3, -0.25) is 9.78 Å². The fraction of sp³-hybridized carbons (Fsp3) is 0.188. The summed E-state index contributed by atoms with van der Waals surface area (Å²) in [5.74, 6) is -0.272. The van der Waals surface area contributed by atoms with Gasteiger partial charge < -0.3 is 10.6 Å². The molecule has 0 aliphatic rings. The number of aryl methyl sites for hydroxylation is 3. The average Bonchev–Trinajstić information content (AvgIpc) is 2.88. The molecule has 0 bridgehead atoms. The Morgan fingerprint density at radius 3 is 2.67 bits per heavy atom. The van der Waals surface area contributed by atoms with E-state index in [1.165, 1.54) is 11.3 Å². The largest absolute Gasteiger partial charge is 0.344 e. The van der Waals surface area contributed by atoms with Gasteiger partial charge in [-0.1, -0.05) is 0 Å². The number of thiazole rings is 1. The number of aromatic nitrogens is 4. The van der Waals surface area contributed by atoms with Crippen LogP contribution in [0.3, 0.4) is 0 Å². The first-order valence-electron chi connectivity index (χ1n) is 7.29. The zero-order valence-electron chi connectivity index (χ0n) is 13.5. The number of pyridine rings is 1. The van der Waals surface area contributed by atoms with Gasteiger partial charge in [-0.15, -0.1) is 11.3 Å². The summed E-state index contributed by atoms with van der Waals surface area (Å²) in [5, 5.41) is 15.3. The Balaban J connectivity index is 1.84. The minimum Gasteiger partial charge on any atom is -0.344 e. The molecule has 0 aliphatic heterocycles. The number of nitrogens with zero attached hydrogens (tertiary/aromatic N) is 4. The van der Waals surface area contributed by atoms with E-state index in [4.69, 9.17) is 0 Å². The van der Waals surface area contributed by atoms with Gasteiger partial charge in [-0.05, 0) is 39.0 Å². The number of amides is 1. The quantitative estimate of drug-likeness (QED) is 0.757. The zero-order chi connectivity index (χ0) is 17.1. The molecule has 0 aliphatic carbocycles. The van der Waals surface area contributed by atoms with Crippen molar-refractivity contribution >= 4 is 33.6 Å². The monoisotopic (exact) mass is 340 g/mol. The van der Waals surface area contributed by atoms with E-state index in [9.17, 15) is 4.79 Å². The van der Waals surface area contributed by atoms with Crippen molar-refractivity contribution in [1.82, 2.24) is 20.2 Å². The van der Waals surface area contributed by atoms with Crippen LogP contribution in [0.25, 0.3) is 0 Å². The molecule has 0 saturated heterocycles. The highest BCUT2D eigenvalue weighted by Gasteiger charge is 2.18. The third-order valence-corrected chi connectivity index (χ3v) is 4.02. The molecule has 0 radical (unpaired) electrons. The molecule has 0 fully saturated rings. The molecular weight excluding hydrogens is 324 g/mol. The second kappa shape index (κ2) is 6.71. The van der Waals surface area contributed by atoms with E-state index in [0.29, 0.717) is 16.4 Å². The Hall–Kier alpha value is -2.87. The van der Waals surface area contributed by atoms with Gasteiger partial charge in [0.2, 0.25) is 0 Å². The molecule has 122 valence electrons. The van der Waals surface area contributed by atoms with Gasteiger partial charge in [0.05, 0.1) is 22.6 Å². The Bertz CT molecular complexity index is 892. The van der Waals surface area contributed by atoms with Crippen molar-refractivity contribution in [3.05, 3.63) is 52.7 Å². The van der Waals surface area contributed by atoms with Crippen LogP contribution in [0.5, 0.6) is 0 Å². The summed E-state index contributed by atoms with van der Waals surface area (Å²) in [7, 11) is 0. The van der Waals surface area contributed by atoms with Crippen molar-refractivity contribution in [3.8, 4) is 0 Å². The number of anilines is 3. The van der Waals surface area contributed by atoms with Crippen LogP contribution in [-0.2, 0) is 0 Å². The number of hydrogen-bond acceptors (Lipinski definition) is 7. The van der Waals surface area contributed by atoms with Crippen molar-refractivity contribution < 1.29 is 4.79 Å². The predicted molar refractivity (Wildman–Crippen MR) is 93.8 cm³/mol. The van der Waals surface area contributed by atoms with Gasteiger partial charge in [0.1, 0.15) is 5.00 Å². The number of carbonyl (C=O) groups is 1.